The lowest BCUT2D eigenvalue weighted by molar-refractivity contribution is -0.118. The van der Waals surface area contributed by atoms with Crippen molar-refractivity contribution in [3.05, 3.63) is 35.9 Å². The smallest absolute Gasteiger partial charge is 0.231 e. The van der Waals surface area contributed by atoms with Crippen molar-refractivity contribution in [2.75, 3.05) is 10.6 Å². The number of carbonyl (C=O) groups is 2. The highest BCUT2D eigenvalue weighted by Gasteiger charge is 2.23. The van der Waals surface area contributed by atoms with Crippen molar-refractivity contribution >= 4 is 23.2 Å². The summed E-state index contributed by atoms with van der Waals surface area (Å²) in [5.41, 5.74) is 8.41. The van der Waals surface area contributed by atoms with Crippen LogP contribution < -0.4 is 16.4 Å². The van der Waals surface area contributed by atoms with Crippen molar-refractivity contribution in [1.82, 2.24) is 0 Å². The van der Waals surface area contributed by atoms with Crippen LogP contribution in [0.4, 0.5) is 11.4 Å². The summed E-state index contributed by atoms with van der Waals surface area (Å²) >= 11 is 0. The van der Waals surface area contributed by atoms with Gasteiger partial charge in [-0.2, -0.15) is 0 Å². The molecule has 2 unspecified atom stereocenters. The van der Waals surface area contributed by atoms with E-state index in [1.165, 1.54) is 0 Å². The Morgan fingerprint density at radius 2 is 2.15 bits per heavy atom. The van der Waals surface area contributed by atoms with Crippen LogP contribution in [0.25, 0.3) is 0 Å². The van der Waals surface area contributed by atoms with E-state index in [0.29, 0.717) is 19.3 Å². The monoisotopic (exact) mass is 271 g/mol. The molecule has 4 N–H and O–H groups in total. The summed E-state index contributed by atoms with van der Waals surface area (Å²) in [6.45, 7) is 0. The molecule has 1 aromatic rings. The number of aryl methyl sites for hydroxylation is 1. The molecule has 0 saturated carbocycles. The molecule has 2 atom stereocenters. The number of amides is 2. The van der Waals surface area contributed by atoms with Gasteiger partial charge in [-0.05, 0) is 36.6 Å². The van der Waals surface area contributed by atoms with Gasteiger partial charge in [-0.3, -0.25) is 9.59 Å². The van der Waals surface area contributed by atoms with Crippen molar-refractivity contribution < 1.29 is 9.59 Å². The van der Waals surface area contributed by atoms with E-state index in [-0.39, 0.29) is 23.8 Å². The third-order valence-electron chi connectivity index (χ3n) is 3.72. The fraction of sp³-hybridized carbons (Fsp3) is 0.333. The number of rotatable bonds is 2. The van der Waals surface area contributed by atoms with Crippen LogP contribution in [-0.2, 0) is 16.0 Å². The first-order valence-electron chi connectivity index (χ1n) is 6.79. The van der Waals surface area contributed by atoms with Crippen molar-refractivity contribution in [2.24, 2.45) is 11.7 Å². The molecule has 3 rings (SSSR count). The Morgan fingerprint density at radius 1 is 1.30 bits per heavy atom. The lowest BCUT2D eigenvalue weighted by Gasteiger charge is -2.18. The van der Waals surface area contributed by atoms with Gasteiger partial charge in [0.1, 0.15) is 0 Å². The third kappa shape index (κ3) is 2.58. The summed E-state index contributed by atoms with van der Waals surface area (Å²) in [5, 5.41) is 5.73. The number of fused-ring (bicyclic) bond motifs is 1. The van der Waals surface area contributed by atoms with Crippen LogP contribution in [0.1, 0.15) is 18.4 Å². The Hall–Kier alpha value is -2.14. The third-order valence-corrected chi connectivity index (χ3v) is 3.72. The normalized spacial score (nSPS) is 24.1. The Balaban J connectivity index is 1.71. The van der Waals surface area contributed by atoms with Gasteiger partial charge < -0.3 is 16.4 Å². The molecule has 0 radical (unpaired) electrons. The molecular formula is C15H17N3O2. The second-order valence-corrected chi connectivity index (χ2v) is 5.30. The quantitative estimate of drug-likeness (QED) is 0.711. The zero-order valence-corrected chi connectivity index (χ0v) is 11.1. The van der Waals surface area contributed by atoms with Crippen LogP contribution in [-0.4, -0.2) is 17.9 Å². The zero-order valence-electron chi connectivity index (χ0n) is 11.1. The van der Waals surface area contributed by atoms with Gasteiger partial charge in [0.15, 0.2) is 0 Å². The summed E-state index contributed by atoms with van der Waals surface area (Å²) < 4.78 is 0. The first kappa shape index (κ1) is 12.9. The number of carbonyl (C=O) groups excluding carboxylic acids is 2. The molecule has 0 fully saturated rings. The molecule has 2 aliphatic rings. The van der Waals surface area contributed by atoms with Crippen LogP contribution >= 0.6 is 0 Å². The van der Waals surface area contributed by atoms with Crippen LogP contribution in [0.2, 0.25) is 0 Å². The summed E-state index contributed by atoms with van der Waals surface area (Å²) in [4.78, 5) is 23.4. The van der Waals surface area contributed by atoms with E-state index in [1.807, 2.05) is 24.3 Å². The Labute approximate surface area is 117 Å². The first-order chi connectivity index (χ1) is 9.61. The maximum Gasteiger partial charge on any atom is 0.231 e. The van der Waals surface area contributed by atoms with E-state index >= 15 is 0 Å². The highest BCUT2D eigenvalue weighted by molar-refractivity contribution is 5.96. The van der Waals surface area contributed by atoms with E-state index in [0.717, 1.165) is 16.9 Å². The van der Waals surface area contributed by atoms with Crippen molar-refractivity contribution in [3.8, 4) is 0 Å². The lowest BCUT2D eigenvalue weighted by atomic mass is 10.0. The summed E-state index contributed by atoms with van der Waals surface area (Å²) in [6.07, 6.45) is 5.59. The average molecular weight is 271 g/mol. The van der Waals surface area contributed by atoms with Gasteiger partial charge in [0.25, 0.3) is 0 Å². The summed E-state index contributed by atoms with van der Waals surface area (Å²) in [7, 11) is 0. The van der Waals surface area contributed by atoms with E-state index in [2.05, 4.69) is 10.6 Å². The Morgan fingerprint density at radius 3 is 2.90 bits per heavy atom. The Bertz CT molecular complexity index is 595. The van der Waals surface area contributed by atoms with Crippen molar-refractivity contribution in [2.45, 2.75) is 25.3 Å². The maximum absolute atomic E-state index is 12.1. The topological polar surface area (TPSA) is 84.2 Å². The molecule has 5 nitrogen and oxygen atoms in total. The maximum atomic E-state index is 12.1. The van der Waals surface area contributed by atoms with Crippen LogP contribution in [0.15, 0.2) is 30.4 Å². The van der Waals surface area contributed by atoms with E-state index < -0.39 is 0 Å². The largest absolute Gasteiger partial charge is 0.326 e. The second-order valence-electron chi connectivity index (χ2n) is 5.30. The van der Waals surface area contributed by atoms with Crippen LogP contribution in [0.3, 0.4) is 0 Å². The molecule has 1 aliphatic carbocycles. The number of nitrogens with two attached hydrogens (primary N) is 1. The average Bonchev–Trinajstić information content (AvgIpc) is 2.86. The summed E-state index contributed by atoms with van der Waals surface area (Å²) in [5.74, 6) is -0.144. The number of hydrogen-bond donors (Lipinski definition) is 3. The first-order valence-corrected chi connectivity index (χ1v) is 6.79. The fourth-order valence-electron chi connectivity index (χ4n) is 2.62. The van der Waals surface area contributed by atoms with Crippen LogP contribution in [0, 0.1) is 5.92 Å². The van der Waals surface area contributed by atoms with E-state index in [1.54, 1.807) is 6.07 Å². The highest BCUT2D eigenvalue weighted by atomic mass is 16.2. The van der Waals surface area contributed by atoms with Crippen LogP contribution in [0.5, 0.6) is 0 Å². The number of hydrogen-bond acceptors (Lipinski definition) is 3. The molecule has 20 heavy (non-hydrogen) atoms. The van der Waals surface area contributed by atoms with Crippen molar-refractivity contribution in [1.29, 1.82) is 0 Å². The molecule has 1 heterocycles. The predicted molar refractivity (Wildman–Crippen MR) is 77.2 cm³/mol. The molecule has 1 aliphatic heterocycles. The molecule has 0 spiro atoms. The van der Waals surface area contributed by atoms with Gasteiger partial charge in [-0.15, -0.1) is 0 Å². The van der Waals surface area contributed by atoms with Crippen molar-refractivity contribution in [3.63, 3.8) is 0 Å². The van der Waals surface area contributed by atoms with Gasteiger partial charge >= 0.3 is 0 Å². The highest BCUT2D eigenvalue weighted by Crippen LogP contribution is 2.26. The molecular weight excluding hydrogens is 254 g/mol. The van der Waals surface area contributed by atoms with Gasteiger partial charge in [0, 0.05) is 23.8 Å². The lowest BCUT2D eigenvalue weighted by Crippen LogP contribution is -2.24. The standard InChI is InChI=1S/C15H17N3O2/c16-11-3-1-10(7-11)15(20)17-12-4-5-13-9(8-12)2-6-14(19)18-13/h1,3-5,8,10-11H,2,6-7,16H2,(H,17,20)(H,18,19). The minimum atomic E-state index is -0.152. The predicted octanol–water partition coefficient (Wildman–Crippen LogP) is 1.41. The van der Waals surface area contributed by atoms with E-state index in [9.17, 15) is 9.59 Å². The number of nitrogens with one attached hydrogen (secondary N) is 2. The molecule has 2 amide bonds. The van der Waals surface area contributed by atoms with E-state index in [4.69, 9.17) is 5.73 Å². The molecule has 1 aromatic carbocycles. The molecule has 5 heteroatoms. The van der Waals surface area contributed by atoms with Gasteiger partial charge in [0.2, 0.25) is 11.8 Å². The minimum absolute atomic E-state index is 0.0236. The summed E-state index contributed by atoms with van der Waals surface area (Å²) in [6, 6.07) is 5.54. The number of anilines is 2. The van der Waals surface area contributed by atoms with Gasteiger partial charge in [-0.1, -0.05) is 12.2 Å². The minimum Gasteiger partial charge on any atom is -0.326 e. The Kier molecular flexibility index (Phi) is 3.28. The van der Waals surface area contributed by atoms with Gasteiger partial charge in [0.05, 0.1) is 5.92 Å². The molecule has 0 bridgehead atoms. The molecule has 0 aromatic heterocycles. The SMILES string of the molecule is NC1C=CC(C(=O)Nc2ccc3c(c2)CCC(=O)N3)C1. The molecule has 104 valence electrons. The zero-order chi connectivity index (χ0) is 14.1. The number of benzene rings is 1. The van der Waals surface area contributed by atoms with Gasteiger partial charge in [-0.25, -0.2) is 0 Å². The second kappa shape index (κ2) is 5.09. The molecule has 0 saturated heterocycles. The fourth-order valence-corrected chi connectivity index (χ4v) is 2.62.